The number of carbonyl (C=O) groups is 1. The molecular weight excluding hydrogens is 220 g/mol. The Bertz CT molecular complexity index is 385. The second-order valence-electron chi connectivity index (χ2n) is 4.49. The van der Waals surface area contributed by atoms with Gasteiger partial charge in [0.05, 0.1) is 5.56 Å². The highest BCUT2D eigenvalue weighted by molar-refractivity contribution is 7.99. The van der Waals surface area contributed by atoms with Gasteiger partial charge in [-0.2, -0.15) is 11.8 Å². The average molecular weight is 238 g/mol. The van der Waals surface area contributed by atoms with E-state index in [1.807, 2.05) is 12.1 Å². The van der Waals surface area contributed by atoms with Crippen molar-refractivity contribution in [3.63, 3.8) is 0 Å². The Morgan fingerprint density at radius 2 is 2.06 bits per heavy atom. The van der Waals surface area contributed by atoms with Crippen LogP contribution in [-0.4, -0.2) is 22.6 Å². The van der Waals surface area contributed by atoms with Crippen LogP contribution in [-0.2, 0) is 5.41 Å². The molecule has 0 aliphatic heterocycles. The van der Waals surface area contributed by atoms with Gasteiger partial charge in [0.2, 0.25) is 0 Å². The van der Waals surface area contributed by atoms with E-state index in [2.05, 4.69) is 27.0 Å². The van der Waals surface area contributed by atoms with Crippen molar-refractivity contribution in [1.29, 1.82) is 0 Å². The van der Waals surface area contributed by atoms with Crippen LogP contribution in [0.4, 0.5) is 0 Å². The third-order valence-corrected chi connectivity index (χ3v) is 4.52. The minimum absolute atomic E-state index is 0.0229. The Morgan fingerprint density at radius 3 is 2.56 bits per heavy atom. The van der Waals surface area contributed by atoms with Gasteiger partial charge in [-0.15, -0.1) is 0 Å². The lowest BCUT2D eigenvalue weighted by molar-refractivity contribution is 0.0696. The Morgan fingerprint density at radius 1 is 1.44 bits per heavy atom. The molecule has 0 bridgehead atoms. The molecule has 88 valence electrons. The standard InChI is InChI=1S/C13H18O2S/c1-9(16-4)13(2,3)11-7-5-6-10(8-11)12(14)15/h5-9H,1-4H3,(H,14,15). The van der Waals surface area contributed by atoms with Gasteiger partial charge in [0.1, 0.15) is 0 Å². The Hall–Kier alpha value is -0.960. The lowest BCUT2D eigenvalue weighted by atomic mass is 9.81. The zero-order valence-electron chi connectivity index (χ0n) is 10.2. The predicted octanol–water partition coefficient (Wildman–Crippen LogP) is 3.41. The second kappa shape index (κ2) is 4.91. The highest BCUT2D eigenvalue weighted by Gasteiger charge is 2.27. The molecule has 0 aromatic heterocycles. The van der Waals surface area contributed by atoms with E-state index >= 15 is 0 Å². The van der Waals surface area contributed by atoms with Crippen LogP contribution in [0.15, 0.2) is 24.3 Å². The molecule has 1 atom stereocenters. The van der Waals surface area contributed by atoms with Crippen LogP contribution >= 0.6 is 11.8 Å². The molecule has 1 unspecified atom stereocenters. The Kier molecular flexibility index (Phi) is 4.03. The molecule has 3 heteroatoms. The van der Waals surface area contributed by atoms with E-state index < -0.39 is 5.97 Å². The maximum Gasteiger partial charge on any atom is 0.335 e. The molecule has 1 rings (SSSR count). The fourth-order valence-corrected chi connectivity index (χ4v) is 2.31. The summed E-state index contributed by atoms with van der Waals surface area (Å²) in [5.41, 5.74) is 1.42. The van der Waals surface area contributed by atoms with Gasteiger partial charge in [-0.25, -0.2) is 4.79 Å². The molecular formula is C13H18O2S. The number of aromatic carboxylic acids is 1. The number of benzene rings is 1. The van der Waals surface area contributed by atoms with Crippen LogP contribution in [0.2, 0.25) is 0 Å². The minimum Gasteiger partial charge on any atom is -0.478 e. The first-order valence-corrected chi connectivity index (χ1v) is 6.55. The van der Waals surface area contributed by atoms with Gasteiger partial charge in [-0.1, -0.05) is 32.9 Å². The quantitative estimate of drug-likeness (QED) is 0.873. The van der Waals surface area contributed by atoms with E-state index in [9.17, 15) is 4.79 Å². The molecule has 0 radical (unpaired) electrons. The van der Waals surface area contributed by atoms with Gasteiger partial charge < -0.3 is 5.11 Å². The maximum absolute atomic E-state index is 10.9. The highest BCUT2D eigenvalue weighted by Crippen LogP contribution is 2.33. The normalized spacial score (nSPS) is 13.5. The highest BCUT2D eigenvalue weighted by atomic mass is 32.2. The monoisotopic (exact) mass is 238 g/mol. The van der Waals surface area contributed by atoms with Crippen molar-refractivity contribution < 1.29 is 9.90 Å². The third kappa shape index (κ3) is 2.59. The van der Waals surface area contributed by atoms with Gasteiger partial charge in [-0.05, 0) is 24.0 Å². The van der Waals surface area contributed by atoms with E-state index in [4.69, 9.17) is 5.11 Å². The van der Waals surface area contributed by atoms with Gasteiger partial charge in [0, 0.05) is 10.7 Å². The predicted molar refractivity (Wildman–Crippen MR) is 69.4 cm³/mol. The summed E-state index contributed by atoms with van der Waals surface area (Å²) in [6, 6.07) is 7.22. The van der Waals surface area contributed by atoms with Crippen molar-refractivity contribution in [3.05, 3.63) is 35.4 Å². The maximum atomic E-state index is 10.9. The third-order valence-electron chi connectivity index (χ3n) is 3.22. The topological polar surface area (TPSA) is 37.3 Å². The molecule has 1 N–H and O–H groups in total. The van der Waals surface area contributed by atoms with E-state index in [0.29, 0.717) is 10.8 Å². The summed E-state index contributed by atoms with van der Waals surface area (Å²) in [5, 5.41) is 9.41. The number of hydrogen-bond donors (Lipinski definition) is 1. The molecule has 0 aliphatic carbocycles. The molecule has 0 spiro atoms. The zero-order chi connectivity index (χ0) is 12.3. The van der Waals surface area contributed by atoms with Crippen LogP contribution in [0.1, 0.15) is 36.7 Å². The molecule has 0 fully saturated rings. The van der Waals surface area contributed by atoms with Crippen molar-refractivity contribution in [3.8, 4) is 0 Å². The minimum atomic E-state index is -0.866. The van der Waals surface area contributed by atoms with Crippen molar-refractivity contribution in [2.75, 3.05) is 6.26 Å². The molecule has 2 nitrogen and oxygen atoms in total. The van der Waals surface area contributed by atoms with Crippen LogP contribution < -0.4 is 0 Å². The molecule has 0 saturated heterocycles. The number of carboxylic acid groups (broad SMARTS) is 1. The molecule has 0 aliphatic rings. The van der Waals surface area contributed by atoms with Gasteiger partial charge >= 0.3 is 5.97 Å². The van der Waals surface area contributed by atoms with Gasteiger partial charge in [0.15, 0.2) is 0 Å². The van der Waals surface area contributed by atoms with E-state index in [0.717, 1.165) is 5.56 Å². The average Bonchev–Trinajstić information content (AvgIpc) is 2.28. The first-order chi connectivity index (χ1) is 7.39. The molecule has 0 amide bonds. The molecule has 0 heterocycles. The first kappa shape index (κ1) is 13.1. The van der Waals surface area contributed by atoms with Gasteiger partial charge in [-0.3, -0.25) is 0 Å². The number of carboxylic acids is 1. The summed E-state index contributed by atoms with van der Waals surface area (Å²) in [7, 11) is 0. The van der Waals surface area contributed by atoms with Crippen LogP contribution in [0, 0.1) is 0 Å². The Balaban J connectivity index is 3.13. The molecule has 16 heavy (non-hydrogen) atoms. The molecule has 1 aromatic carbocycles. The molecule has 0 saturated carbocycles. The van der Waals surface area contributed by atoms with E-state index in [-0.39, 0.29) is 5.41 Å². The summed E-state index contributed by atoms with van der Waals surface area (Å²) in [5.74, 6) is -0.866. The van der Waals surface area contributed by atoms with Crippen LogP contribution in [0.25, 0.3) is 0 Å². The summed E-state index contributed by atoms with van der Waals surface area (Å²) >= 11 is 1.79. The summed E-state index contributed by atoms with van der Waals surface area (Å²) < 4.78 is 0. The lowest BCUT2D eigenvalue weighted by Gasteiger charge is -2.31. The number of rotatable bonds is 4. The van der Waals surface area contributed by atoms with Crippen molar-refractivity contribution >= 4 is 17.7 Å². The van der Waals surface area contributed by atoms with Crippen molar-refractivity contribution in [1.82, 2.24) is 0 Å². The zero-order valence-corrected chi connectivity index (χ0v) is 11.0. The second-order valence-corrected chi connectivity index (χ2v) is 5.66. The first-order valence-electron chi connectivity index (χ1n) is 5.26. The summed E-state index contributed by atoms with van der Waals surface area (Å²) in [6.07, 6.45) is 2.08. The SMILES string of the molecule is CSC(C)C(C)(C)c1cccc(C(=O)O)c1. The van der Waals surface area contributed by atoms with Crippen LogP contribution in [0.3, 0.4) is 0 Å². The largest absolute Gasteiger partial charge is 0.478 e. The summed E-state index contributed by atoms with van der Waals surface area (Å²) in [4.78, 5) is 10.9. The number of hydrogen-bond acceptors (Lipinski definition) is 2. The van der Waals surface area contributed by atoms with E-state index in [1.165, 1.54) is 0 Å². The van der Waals surface area contributed by atoms with Gasteiger partial charge in [0.25, 0.3) is 0 Å². The van der Waals surface area contributed by atoms with E-state index in [1.54, 1.807) is 23.9 Å². The van der Waals surface area contributed by atoms with Crippen molar-refractivity contribution in [2.45, 2.75) is 31.4 Å². The Labute approximate surface area is 101 Å². The smallest absolute Gasteiger partial charge is 0.335 e. The fourth-order valence-electron chi connectivity index (χ4n) is 1.58. The summed E-state index contributed by atoms with van der Waals surface area (Å²) in [6.45, 7) is 6.46. The molecule has 1 aromatic rings. The number of thioether (sulfide) groups is 1. The van der Waals surface area contributed by atoms with Crippen LogP contribution in [0.5, 0.6) is 0 Å². The lowest BCUT2D eigenvalue weighted by Crippen LogP contribution is -2.28. The fraction of sp³-hybridized carbons (Fsp3) is 0.462. The van der Waals surface area contributed by atoms with Crippen molar-refractivity contribution in [2.24, 2.45) is 0 Å².